The van der Waals surface area contributed by atoms with Crippen LogP contribution in [0.25, 0.3) is 11.1 Å². The van der Waals surface area contributed by atoms with Crippen LogP contribution in [0.15, 0.2) is 24.4 Å². The first-order chi connectivity index (χ1) is 12.7. The molecule has 0 unspecified atom stereocenters. The van der Waals surface area contributed by atoms with E-state index in [2.05, 4.69) is 23.7 Å². The van der Waals surface area contributed by atoms with Crippen LogP contribution in [0, 0.1) is 24.0 Å². The molecule has 0 spiro atoms. The molecule has 6 heteroatoms. The standard InChI is InChI=1S/C21H24F2N2O2/c1-13-15(11-19(26)27)20(25-8-6-21(2,3)7-9-25)17(12-24-13)16-10-14(22)4-5-18(16)23/h4-5,10,12H,6-9,11H2,1-3H3,(H,26,27). The van der Waals surface area contributed by atoms with Gasteiger partial charge in [-0.1, -0.05) is 13.8 Å². The lowest BCUT2D eigenvalue weighted by Crippen LogP contribution is -2.38. The number of halogens is 2. The van der Waals surface area contributed by atoms with E-state index in [4.69, 9.17) is 0 Å². The molecule has 144 valence electrons. The van der Waals surface area contributed by atoms with Crippen molar-refractivity contribution < 1.29 is 18.7 Å². The van der Waals surface area contributed by atoms with Crippen LogP contribution in [-0.2, 0) is 11.2 Å². The van der Waals surface area contributed by atoms with Gasteiger partial charge in [-0.2, -0.15) is 0 Å². The molecule has 1 aromatic carbocycles. The van der Waals surface area contributed by atoms with Gasteiger partial charge in [-0.15, -0.1) is 0 Å². The summed E-state index contributed by atoms with van der Waals surface area (Å²) in [5.41, 5.74) is 2.56. The second-order valence-corrected chi connectivity index (χ2v) is 7.93. The first-order valence-electron chi connectivity index (χ1n) is 9.08. The first kappa shape index (κ1) is 19.3. The molecule has 1 aliphatic heterocycles. The molecule has 0 radical (unpaired) electrons. The van der Waals surface area contributed by atoms with Crippen LogP contribution in [0.4, 0.5) is 14.5 Å². The molecule has 2 aromatic rings. The predicted octanol–water partition coefficient (Wildman–Crippen LogP) is 4.59. The molecule has 1 aromatic heterocycles. The third-order valence-electron chi connectivity index (χ3n) is 5.34. The zero-order valence-corrected chi connectivity index (χ0v) is 15.9. The number of carbonyl (C=O) groups is 1. The topological polar surface area (TPSA) is 53.4 Å². The van der Waals surface area contributed by atoms with Gasteiger partial charge in [0.25, 0.3) is 0 Å². The summed E-state index contributed by atoms with van der Waals surface area (Å²) in [5, 5.41) is 9.38. The number of carboxylic acids is 1. The summed E-state index contributed by atoms with van der Waals surface area (Å²) in [4.78, 5) is 17.8. The largest absolute Gasteiger partial charge is 0.481 e. The Morgan fingerprint density at radius 3 is 2.52 bits per heavy atom. The molecule has 1 aliphatic rings. The van der Waals surface area contributed by atoms with Crippen molar-refractivity contribution >= 4 is 11.7 Å². The van der Waals surface area contributed by atoms with Crippen molar-refractivity contribution in [2.24, 2.45) is 5.41 Å². The third-order valence-corrected chi connectivity index (χ3v) is 5.34. The predicted molar refractivity (Wildman–Crippen MR) is 101 cm³/mol. The number of piperidine rings is 1. The van der Waals surface area contributed by atoms with Gasteiger partial charge >= 0.3 is 5.97 Å². The van der Waals surface area contributed by atoms with Crippen LogP contribution in [0.2, 0.25) is 0 Å². The highest BCUT2D eigenvalue weighted by atomic mass is 19.1. The maximum Gasteiger partial charge on any atom is 0.307 e. The van der Waals surface area contributed by atoms with Gasteiger partial charge in [-0.3, -0.25) is 9.78 Å². The van der Waals surface area contributed by atoms with E-state index in [-0.39, 0.29) is 17.4 Å². The van der Waals surface area contributed by atoms with Crippen molar-refractivity contribution in [3.8, 4) is 11.1 Å². The van der Waals surface area contributed by atoms with Crippen LogP contribution in [0.1, 0.15) is 37.9 Å². The molecule has 0 atom stereocenters. The lowest BCUT2D eigenvalue weighted by Gasteiger charge is -2.40. The fourth-order valence-electron chi connectivity index (χ4n) is 3.60. The summed E-state index contributed by atoms with van der Waals surface area (Å²) >= 11 is 0. The van der Waals surface area contributed by atoms with Crippen LogP contribution in [-0.4, -0.2) is 29.1 Å². The molecule has 0 saturated carbocycles. The van der Waals surface area contributed by atoms with Crippen LogP contribution >= 0.6 is 0 Å². The molecule has 3 rings (SSSR count). The van der Waals surface area contributed by atoms with E-state index in [9.17, 15) is 18.7 Å². The molecule has 1 N–H and O–H groups in total. The van der Waals surface area contributed by atoms with Crippen molar-refractivity contribution in [3.05, 3.63) is 47.3 Å². The van der Waals surface area contributed by atoms with Gasteiger partial charge in [0.15, 0.2) is 0 Å². The van der Waals surface area contributed by atoms with Crippen molar-refractivity contribution in [2.45, 2.75) is 40.0 Å². The van der Waals surface area contributed by atoms with E-state index < -0.39 is 17.6 Å². The monoisotopic (exact) mass is 374 g/mol. The fraction of sp³-hybridized carbons (Fsp3) is 0.429. The van der Waals surface area contributed by atoms with Gasteiger partial charge in [-0.05, 0) is 43.4 Å². The second kappa shape index (κ2) is 7.25. The number of aryl methyl sites for hydroxylation is 1. The van der Waals surface area contributed by atoms with Crippen molar-refractivity contribution in [1.29, 1.82) is 0 Å². The average molecular weight is 374 g/mol. The molecule has 0 bridgehead atoms. The van der Waals surface area contributed by atoms with Crippen molar-refractivity contribution in [1.82, 2.24) is 4.98 Å². The van der Waals surface area contributed by atoms with Gasteiger partial charge in [0.2, 0.25) is 0 Å². The van der Waals surface area contributed by atoms with Crippen LogP contribution < -0.4 is 4.90 Å². The van der Waals surface area contributed by atoms with E-state index in [0.717, 1.165) is 44.1 Å². The maximum absolute atomic E-state index is 14.5. The van der Waals surface area contributed by atoms with Gasteiger partial charge in [0, 0.05) is 41.7 Å². The van der Waals surface area contributed by atoms with Crippen LogP contribution in [0.3, 0.4) is 0 Å². The smallest absolute Gasteiger partial charge is 0.307 e. The zero-order valence-electron chi connectivity index (χ0n) is 15.9. The van der Waals surface area contributed by atoms with Crippen molar-refractivity contribution in [2.75, 3.05) is 18.0 Å². The van der Waals surface area contributed by atoms with Crippen LogP contribution in [0.5, 0.6) is 0 Å². The van der Waals surface area contributed by atoms with E-state index in [1.165, 1.54) is 6.20 Å². The number of aromatic nitrogens is 1. The number of anilines is 1. The van der Waals surface area contributed by atoms with Gasteiger partial charge in [0.1, 0.15) is 11.6 Å². The fourth-order valence-corrected chi connectivity index (χ4v) is 3.60. The molecule has 4 nitrogen and oxygen atoms in total. The second-order valence-electron chi connectivity index (χ2n) is 7.93. The summed E-state index contributed by atoms with van der Waals surface area (Å²) in [6, 6.07) is 3.30. The molecule has 1 saturated heterocycles. The maximum atomic E-state index is 14.5. The summed E-state index contributed by atoms with van der Waals surface area (Å²) < 4.78 is 28.3. The Labute approximate surface area is 157 Å². The highest BCUT2D eigenvalue weighted by molar-refractivity contribution is 5.84. The first-order valence-corrected chi connectivity index (χ1v) is 9.08. The third kappa shape index (κ3) is 4.10. The number of nitrogens with zero attached hydrogens (tertiary/aromatic N) is 2. The Morgan fingerprint density at radius 2 is 1.89 bits per heavy atom. The zero-order chi connectivity index (χ0) is 19.8. The Bertz CT molecular complexity index is 871. The molecular formula is C21H24F2N2O2. The van der Waals surface area contributed by atoms with E-state index in [0.29, 0.717) is 22.5 Å². The number of aliphatic carboxylic acids is 1. The minimum Gasteiger partial charge on any atom is -0.481 e. The summed E-state index contributed by atoms with van der Waals surface area (Å²) in [6.45, 7) is 7.61. The Hall–Kier alpha value is -2.50. The van der Waals surface area contributed by atoms with E-state index >= 15 is 0 Å². The summed E-state index contributed by atoms with van der Waals surface area (Å²) in [7, 11) is 0. The molecular weight excluding hydrogens is 350 g/mol. The number of hydrogen-bond donors (Lipinski definition) is 1. The Kier molecular flexibility index (Phi) is 5.18. The number of carboxylic acid groups (broad SMARTS) is 1. The minimum atomic E-state index is -0.977. The van der Waals surface area contributed by atoms with Crippen molar-refractivity contribution in [3.63, 3.8) is 0 Å². The molecule has 0 amide bonds. The minimum absolute atomic E-state index is 0.106. The van der Waals surface area contributed by atoms with Gasteiger partial charge in [-0.25, -0.2) is 8.78 Å². The molecule has 0 aliphatic carbocycles. The average Bonchev–Trinajstić information content (AvgIpc) is 2.59. The number of rotatable bonds is 4. The highest BCUT2D eigenvalue weighted by Gasteiger charge is 2.29. The lowest BCUT2D eigenvalue weighted by molar-refractivity contribution is -0.136. The quantitative estimate of drug-likeness (QED) is 0.851. The highest BCUT2D eigenvalue weighted by Crippen LogP contribution is 2.40. The normalized spacial score (nSPS) is 16.4. The molecule has 27 heavy (non-hydrogen) atoms. The molecule has 2 heterocycles. The van der Waals surface area contributed by atoms with E-state index in [1.54, 1.807) is 6.92 Å². The number of hydrogen-bond acceptors (Lipinski definition) is 3. The lowest BCUT2D eigenvalue weighted by atomic mass is 9.82. The number of benzene rings is 1. The van der Waals surface area contributed by atoms with E-state index in [1.807, 2.05) is 0 Å². The van der Waals surface area contributed by atoms with Gasteiger partial charge < -0.3 is 10.0 Å². The number of pyridine rings is 1. The Balaban J connectivity index is 2.18. The SMILES string of the molecule is Cc1ncc(-c2cc(F)ccc2F)c(N2CCC(C)(C)CC2)c1CC(=O)O. The summed E-state index contributed by atoms with van der Waals surface area (Å²) in [6.07, 6.45) is 3.18. The Morgan fingerprint density at radius 1 is 1.22 bits per heavy atom. The summed E-state index contributed by atoms with van der Waals surface area (Å²) in [5.74, 6) is -2.07. The molecule has 1 fully saturated rings. The van der Waals surface area contributed by atoms with Gasteiger partial charge in [0.05, 0.1) is 12.1 Å².